The van der Waals surface area contributed by atoms with Crippen LogP contribution >= 0.6 is 0 Å². The summed E-state index contributed by atoms with van der Waals surface area (Å²) >= 11 is 0. The SMILES string of the molecule is CNC(=O)c1cn(CCCN2CCC3CCCCC3C2)c2ccccc12. The number of aryl methyl sites for hydroxylation is 1. The number of carbonyl (C=O) groups excluding carboxylic acids is 1. The summed E-state index contributed by atoms with van der Waals surface area (Å²) in [5.41, 5.74) is 1.95. The number of aromatic nitrogens is 1. The van der Waals surface area contributed by atoms with Crippen LogP contribution in [-0.2, 0) is 6.54 Å². The van der Waals surface area contributed by atoms with Gasteiger partial charge in [-0.2, -0.15) is 0 Å². The van der Waals surface area contributed by atoms with E-state index in [1.54, 1.807) is 7.05 Å². The summed E-state index contributed by atoms with van der Waals surface area (Å²) in [5.74, 6) is 1.95. The van der Waals surface area contributed by atoms with Crippen molar-refractivity contribution in [2.45, 2.75) is 45.1 Å². The number of nitrogens with zero attached hydrogens (tertiary/aromatic N) is 2. The maximum absolute atomic E-state index is 12.2. The molecule has 140 valence electrons. The van der Waals surface area contributed by atoms with E-state index in [2.05, 4.69) is 26.9 Å². The van der Waals surface area contributed by atoms with E-state index < -0.39 is 0 Å². The van der Waals surface area contributed by atoms with Crippen molar-refractivity contribution in [3.8, 4) is 0 Å². The molecule has 4 heteroatoms. The van der Waals surface area contributed by atoms with Crippen LogP contribution in [0.5, 0.6) is 0 Å². The largest absolute Gasteiger partial charge is 0.355 e. The Labute approximate surface area is 156 Å². The van der Waals surface area contributed by atoms with E-state index in [0.29, 0.717) is 0 Å². The summed E-state index contributed by atoms with van der Waals surface area (Å²) in [5, 5.41) is 3.81. The van der Waals surface area contributed by atoms with Crippen molar-refractivity contribution < 1.29 is 4.79 Å². The van der Waals surface area contributed by atoms with Gasteiger partial charge in [-0.15, -0.1) is 0 Å². The Morgan fingerprint density at radius 1 is 1.12 bits per heavy atom. The molecule has 1 saturated heterocycles. The smallest absolute Gasteiger partial charge is 0.253 e. The fourth-order valence-corrected chi connectivity index (χ4v) is 5.09. The number of likely N-dealkylation sites (tertiary alicyclic amines) is 1. The van der Waals surface area contributed by atoms with Crippen LogP contribution in [0.15, 0.2) is 30.5 Å². The lowest BCUT2D eigenvalue weighted by Gasteiger charge is -2.41. The minimum absolute atomic E-state index is 0.000629. The van der Waals surface area contributed by atoms with E-state index in [9.17, 15) is 4.79 Å². The molecule has 1 aliphatic heterocycles. The Morgan fingerprint density at radius 3 is 2.77 bits per heavy atom. The van der Waals surface area contributed by atoms with Gasteiger partial charge in [0.05, 0.1) is 5.56 Å². The molecule has 0 radical (unpaired) electrons. The molecule has 1 N–H and O–H groups in total. The predicted octanol–water partition coefficient (Wildman–Crippen LogP) is 3.90. The molecule has 0 spiro atoms. The second kappa shape index (κ2) is 7.83. The monoisotopic (exact) mass is 353 g/mol. The molecule has 2 atom stereocenters. The van der Waals surface area contributed by atoms with E-state index >= 15 is 0 Å². The Morgan fingerprint density at radius 2 is 1.92 bits per heavy atom. The highest BCUT2D eigenvalue weighted by atomic mass is 16.1. The van der Waals surface area contributed by atoms with Gasteiger partial charge in [-0.1, -0.05) is 37.5 Å². The van der Waals surface area contributed by atoms with Crippen molar-refractivity contribution in [1.82, 2.24) is 14.8 Å². The molecule has 1 amide bonds. The third-order valence-electron chi connectivity index (χ3n) is 6.51. The van der Waals surface area contributed by atoms with Gasteiger partial charge in [0.15, 0.2) is 0 Å². The number of hydrogen-bond donors (Lipinski definition) is 1. The highest BCUT2D eigenvalue weighted by Crippen LogP contribution is 2.36. The van der Waals surface area contributed by atoms with E-state index in [1.807, 2.05) is 18.3 Å². The first kappa shape index (κ1) is 17.6. The second-order valence-electron chi connectivity index (χ2n) is 8.08. The lowest BCUT2D eigenvalue weighted by atomic mass is 9.75. The summed E-state index contributed by atoms with van der Waals surface area (Å²) in [4.78, 5) is 14.8. The van der Waals surface area contributed by atoms with Crippen LogP contribution in [0.4, 0.5) is 0 Å². The van der Waals surface area contributed by atoms with Gasteiger partial charge < -0.3 is 14.8 Å². The maximum atomic E-state index is 12.2. The van der Waals surface area contributed by atoms with Crippen LogP contribution in [0.1, 0.15) is 48.9 Å². The Hall–Kier alpha value is -1.81. The number of amides is 1. The van der Waals surface area contributed by atoms with Crippen LogP contribution in [0, 0.1) is 11.8 Å². The number of para-hydroxylation sites is 1. The molecule has 1 saturated carbocycles. The van der Waals surface area contributed by atoms with Crippen LogP contribution in [0.25, 0.3) is 10.9 Å². The molecule has 1 aliphatic carbocycles. The normalized spacial score (nSPS) is 23.7. The van der Waals surface area contributed by atoms with Gasteiger partial charge in [-0.25, -0.2) is 0 Å². The maximum Gasteiger partial charge on any atom is 0.253 e. The van der Waals surface area contributed by atoms with Crippen LogP contribution in [-0.4, -0.2) is 42.1 Å². The second-order valence-corrected chi connectivity index (χ2v) is 8.08. The average molecular weight is 354 g/mol. The molecule has 2 fully saturated rings. The zero-order chi connectivity index (χ0) is 17.9. The zero-order valence-corrected chi connectivity index (χ0v) is 15.9. The number of piperidine rings is 1. The standard InChI is InChI=1S/C22H31N3O/c1-23-22(26)20-16-25(21-10-5-4-9-19(20)21)13-6-12-24-14-11-17-7-2-3-8-18(17)15-24/h4-5,9-10,16-18H,2-3,6-8,11-15H2,1H3,(H,23,26). The first-order valence-corrected chi connectivity index (χ1v) is 10.3. The molecule has 2 heterocycles. The number of fused-ring (bicyclic) bond motifs is 2. The number of hydrogen-bond acceptors (Lipinski definition) is 2. The number of rotatable bonds is 5. The lowest BCUT2D eigenvalue weighted by Crippen LogP contribution is -2.42. The molecule has 26 heavy (non-hydrogen) atoms. The summed E-state index contributed by atoms with van der Waals surface area (Å²) in [6, 6.07) is 8.23. The van der Waals surface area contributed by atoms with Gasteiger partial charge in [-0.3, -0.25) is 4.79 Å². The van der Waals surface area contributed by atoms with Crippen molar-refractivity contribution in [2.75, 3.05) is 26.7 Å². The van der Waals surface area contributed by atoms with Gasteiger partial charge in [0.25, 0.3) is 5.91 Å². The van der Waals surface area contributed by atoms with E-state index in [1.165, 1.54) is 51.7 Å². The minimum atomic E-state index is -0.000629. The number of benzene rings is 1. The van der Waals surface area contributed by atoms with Crippen molar-refractivity contribution in [3.63, 3.8) is 0 Å². The molecule has 4 nitrogen and oxygen atoms in total. The Bertz CT molecular complexity index is 766. The quantitative estimate of drug-likeness (QED) is 0.885. The van der Waals surface area contributed by atoms with Crippen molar-refractivity contribution >= 4 is 16.8 Å². The van der Waals surface area contributed by atoms with E-state index in [-0.39, 0.29) is 5.91 Å². The van der Waals surface area contributed by atoms with Gasteiger partial charge in [-0.05, 0) is 50.3 Å². The topological polar surface area (TPSA) is 37.3 Å². The third-order valence-corrected chi connectivity index (χ3v) is 6.51. The summed E-state index contributed by atoms with van der Waals surface area (Å²) in [7, 11) is 1.70. The molecule has 2 unspecified atom stereocenters. The Balaban J connectivity index is 1.38. The molecule has 0 bridgehead atoms. The first-order chi connectivity index (χ1) is 12.8. The summed E-state index contributed by atoms with van der Waals surface area (Å²) in [6.07, 6.45) is 10.4. The van der Waals surface area contributed by atoms with Crippen LogP contribution < -0.4 is 5.32 Å². The predicted molar refractivity (Wildman–Crippen MR) is 106 cm³/mol. The third kappa shape index (κ3) is 3.52. The molecule has 4 rings (SSSR count). The Kier molecular flexibility index (Phi) is 5.30. The van der Waals surface area contributed by atoms with Gasteiger partial charge in [0.2, 0.25) is 0 Å². The molecule has 2 aromatic rings. The minimum Gasteiger partial charge on any atom is -0.355 e. The number of nitrogens with one attached hydrogen (secondary N) is 1. The molecule has 1 aromatic heterocycles. The fourth-order valence-electron chi connectivity index (χ4n) is 5.09. The number of carbonyl (C=O) groups is 1. The van der Waals surface area contributed by atoms with E-state index in [4.69, 9.17) is 0 Å². The fraction of sp³-hybridized carbons (Fsp3) is 0.591. The molecule has 1 aromatic carbocycles. The van der Waals surface area contributed by atoms with Gasteiger partial charge in [0, 0.05) is 37.2 Å². The summed E-state index contributed by atoms with van der Waals surface area (Å²) in [6.45, 7) is 4.73. The van der Waals surface area contributed by atoms with Crippen LogP contribution in [0.2, 0.25) is 0 Å². The molecule has 2 aliphatic rings. The van der Waals surface area contributed by atoms with Crippen molar-refractivity contribution in [3.05, 3.63) is 36.0 Å². The summed E-state index contributed by atoms with van der Waals surface area (Å²) < 4.78 is 2.26. The van der Waals surface area contributed by atoms with Crippen molar-refractivity contribution in [2.24, 2.45) is 11.8 Å². The molecular formula is C22H31N3O. The highest BCUT2D eigenvalue weighted by molar-refractivity contribution is 6.06. The van der Waals surface area contributed by atoms with Crippen molar-refractivity contribution in [1.29, 1.82) is 0 Å². The highest BCUT2D eigenvalue weighted by Gasteiger charge is 2.30. The molecular weight excluding hydrogens is 322 g/mol. The zero-order valence-electron chi connectivity index (χ0n) is 15.9. The average Bonchev–Trinajstić information content (AvgIpc) is 3.06. The van der Waals surface area contributed by atoms with Gasteiger partial charge in [0.1, 0.15) is 0 Å². The first-order valence-electron chi connectivity index (χ1n) is 10.3. The van der Waals surface area contributed by atoms with Gasteiger partial charge >= 0.3 is 0 Å². The van der Waals surface area contributed by atoms with Crippen LogP contribution in [0.3, 0.4) is 0 Å². The van der Waals surface area contributed by atoms with E-state index in [0.717, 1.165) is 41.3 Å². The lowest BCUT2D eigenvalue weighted by molar-refractivity contribution is 0.0854.